The molecule has 0 fully saturated rings. The molecule has 0 saturated carbocycles. The first-order chi connectivity index (χ1) is 6.95. The zero-order valence-electron chi connectivity index (χ0n) is 8.17. The Bertz CT molecular complexity index is 359. The van der Waals surface area contributed by atoms with Gasteiger partial charge in [-0.1, -0.05) is 19.1 Å². The van der Waals surface area contributed by atoms with Gasteiger partial charge in [0, 0.05) is 0 Å². The molecule has 0 saturated heterocycles. The molecule has 0 aliphatic carbocycles. The first kappa shape index (κ1) is 11.6. The van der Waals surface area contributed by atoms with Crippen LogP contribution < -0.4 is 0 Å². The highest BCUT2D eigenvalue weighted by atomic mass is 19.4. The van der Waals surface area contributed by atoms with E-state index in [1.54, 1.807) is 0 Å². The third-order valence-electron chi connectivity index (χ3n) is 2.17. The van der Waals surface area contributed by atoms with Crippen LogP contribution in [0.5, 0.6) is 0 Å². The molecule has 1 unspecified atom stereocenters. The molecular weight excluding hydrogens is 203 g/mol. The van der Waals surface area contributed by atoms with Crippen LogP contribution >= 0.6 is 0 Å². The van der Waals surface area contributed by atoms with Gasteiger partial charge in [0.05, 0.1) is 11.5 Å². The minimum atomic E-state index is -4.29. The van der Waals surface area contributed by atoms with Crippen LogP contribution in [0.15, 0.2) is 24.3 Å². The van der Waals surface area contributed by atoms with Crippen molar-refractivity contribution in [1.82, 2.24) is 0 Å². The van der Waals surface area contributed by atoms with E-state index in [1.807, 2.05) is 6.92 Å². The van der Waals surface area contributed by atoms with Gasteiger partial charge < -0.3 is 4.85 Å². The molecule has 1 rings (SSSR count). The first-order valence-corrected chi connectivity index (χ1v) is 4.45. The Morgan fingerprint density at radius 3 is 2.20 bits per heavy atom. The lowest BCUT2D eigenvalue weighted by Gasteiger charge is -2.09. The van der Waals surface area contributed by atoms with E-state index in [-0.39, 0.29) is 5.92 Å². The number of halogens is 3. The van der Waals surface area contributed by atoms with Gasteiger partial charge in [0.2, 0.25) is 6.54 Å². The molecule has 0 aliphatic rings. The average Bonchev–Trinajstić information content (AvgIpc) is 2.17. The van der Waals surface area contributed by atoms with Crippen molar-refractivity contribution in [3.05, 3.63) is 46.8 Å². The van der Waals surface area contributed by atoms with Gasteiger partial charge in [-0.05, 0) is 17.7 Å². The van der Waals surface area contributed by atoms with Gasteiger partial charge in [0.15, 0.2) is 0 Å². The third-order valence-corrected chi connectivity index (χ3v) is 2.17. The maximum Gasteiger partial charge on any atom is 0.416 e. The van der Waals surface area contributed by atoms with Crippen LogP contribution in [0.3, 0.4) is 0 Å². The Morgan fingerprint density at radius 2 is 1.80 bits per heavy atom. The second-order valence-electron chi connectivity index (χ2n) is 3.36. The SMILES string of the molecule is [C-]#[N+]CC(C)c1ccc(C(F)(F)F)cc1. The quantitative estimate of drug-likeness (QED) is 0.659. The fraction of sp³-hybridized carbons (Fsp3) is 0.364. The topological polar surface area (TPSA) is 4.36 Å². The van der Waals surface area contributed by atoms with Crippen molar-refractivity contribution in [2.45, 2.75) is 19.0 Å². The summed E-state index contributed by atoms with van der Waals surface area (Å²) in [6.45, 7) is 8.79. The molecule has 80 valence electrons. The van der Waals surface area contributed by atoms with E-state index in [1.165, 1.54) is 12.1 Å². The van der Waals surface area contributed by atoms with Crippen molar-refractivity contribution >= 4 is 0 Å². The van der Waals surface area contributed by atoms with E-state index in [4.69, 9.17) is 6.57 Å². The monoisotopic (exact) mass is 213 g/mol. The summed E-state index contributed by atoms with van der Waals surface area (Å²) in [6, 6.07) is 4.96. The molecule has 1 aromatic rings. The smallest absolute Gasteiger partial charge is 0.316 e. The van der Waals surface area contributed by atoms with E-state index in [0.29, 0.717) is 6.54 Å². The highest BCUT2D eigenvalue weighted by Gasteiger charge is 2.30. The zero-order chi connectivity index (χ0) is 11.5. The van der Waals surface area contributed by atoms with Gasteiger partial charge in [-0.3, -0.25) is 0 Å². The fourth-order valence-electron chi connectivity index (χ4n) is 1.24. The minimum Gasteiger partial charge on any atom is -0.316 e. The Kier molecular flexibility index (Phi) is 3.35. The number of nitrogens with zero attached hydrogens (tertiary/aromatic N) is 1. The van der Waals surface area contributed by atoms with E-state index in [0.717, 1.165) is 17.7 Å². The predicted molar refractivity (Wildman–Crippen MR) is 51.3 cm³/mol. The van der Waals surface area contributed by atoms with Crippen molar-refractivity contribution in [2.75, 3.05) is 6.54 Å². The molecule has 4 heteroatoms. The van der Waals surface area contributed by atoms with Crippen molar-refractivity contribution in [3.8, 4) is 0 Å². The van der Waals surface area contributed by atoms with Gasteiger partial charge in [0.1, 0.15) is 0 Å². The molecule has 15 heavy (non-hydrogen) atoms. The highest BCUT2D eigenvalue weighted by Crippen LogP contribution is 2.30. The second kappa shape index (κ2) is 4.35. The highest BCUT2D eigenvalue weighted by molar-refractivity contribution is 5.27. The van der Waals surface area contributed by atoms with Crippen LogP contribution in [0.4, 0.5) is 13.2 Å². The molecular formula is C11H10F3N. The lowest BCUT2D eigenvalue weighted by molar-refractivity contribution is -0.137. The Morgan fingerprint density at radius 1 is 1.27 bits per heavy atom. The summed E-state index contributed by atoms with van der Waals surface area (Å²) >= 11 is 0. The molecule has 0 aromatic heterocycles. The molecule has 0 heterocycles. The molecule has 0 aliphatic heterocycles. The standard InChI is InChI=1S/C11H10F3N/c1-8(7-15-2)9-3-5-10(6-4-9)11(12,13)14/h3-6,8H,7H2,1H3. The molecule has 0 radical (unpaired) electrons. The van der Waals surface area contributed by atoms with Crippen molar-refractivity contribution in [3.63, 3.8) is 0 Å². The maximum absolute atomic E-state index is 12.2. The molecule has 0 bridgehead atoms. The van der Waals surface area contributed by atoms with Gasteiger partial charge >= 0.3 is 6.18 Å². The summed E-state index contributed by atoms with van der Waals surface area (Å²) < 4.78 is 36.7. The molecule has 0 N–H and O–H groups in total. The van der Waals surface area contributed by atoms with E-state index >= 15 is 0 Å². The molecule has 0 spiro atoms. The van der Waals surface area contributed by atoms with Gasteiger partial charge in [-0.2, -0.15) is 13.2 Å². The average molecular weight is 213 g/mol. The predicted octanol–water partition coefficient (Wildman–Crippen LogP) is 3.73. The second-order valence-corrected chi connectivity index (χ2v) is 3.36. The maximum atomic E-state index is 12.2. The van der Waals surface area contributed by atoms with Crippen LogP contribution in [-0.2, 0) is 6.18 Å². The van der Waals surface area contributed by atoms with Crippen LogP contribution in [0.2, 0.25) is 0 Å². The Labute approximate surface area is 86.4 Å². The Hall–Kier alpha value is -1.50. The number of hydrogen-bond acceptors (Lipinski definition) is 0. The van der Waals surface area contributed by atoms with Crippen LogP contribution in [0.25, 0.3) is 4.85 Å². The molecule has 1 atom stereocenters. The summed E-state index contributed by atoms with van der Waals surface area (Å²) in [4.78, 5) is 3.21. The van der Waals surface area contributed by atoms with Gasteiger partial charge in [-0.15, -0.1) is 0 Å². The summed E-state index contributed by atoms with van der Waals surface area (Å²) in [6.07, 6.45) is -4.29. The van der Waals surface area contributed by atoms with E-state index in [2.05, 4.69) is 4.85 Å². The molecule has 1 nitrogen and oxygen atoms in total. The lowest BCUT2D eigenvalue weighted by atomic mass is 10.00. The lowest BCUT2D eigenvalue weighted by Crippen LogP contribution is -2.05. The normalized spacial score (nSPS) is 13.3. The first-order valence-electron chi connectivity index (χ1n) is 4.45. The fourth-order valence-corrected chi connectivity index (χ4v) is 1.24. The number of hydrogen-bond donors (Lipinski definition) is 0. The Balaban J connectivity index is 2.87. The summed E-state index contributed by atoms with van der Waals surface area (Å²) in [5.41, 5.74) is 0.111. The van der Waals surface area contributed by atoms with Gasteiger partial charge in [-0.25, -0.2) is 6.57 Å². The van der Waals surface area contributed by atoms with Crippen molar-refractivity contribution < 1.29 is 13.2 Å². The van der Waals surface area contributed by atoms with E-state index in [9.17, 15) is 13.2 Å². The number of rotatable bonds is 2. The summed E-state index contributed by atoms with van der Waals surface area (Å²) in [5.74, 6) is -0.0233. The van der Waals surface area contributed by atoms with Gasteiger partial charge in [0.25, 0.3) is 0 Å². The number of alkyl halides is 3. The van der Waals surface area contributed by atoms with Crippen molar-refractivity contribution in [2.24, 2.45) is 0 Å². The number of benzene rings is 1. The summed E-state index contributed by atoms with van der Waals surface area (Å²) in [5, 5.41) is 0. The van der Waals surface area contributed by atoms with Crippen LogP contribution in [0, 0.1) is 6.57 Å². The zero-order valence-corrected chi connectivity index (χ0v) is 8.17. The van der Waals surface area contributed by atoms with E-state index < -0.39 is 11.7 Å². The largest absolute Gasteiger partial charge is 0.416 e. The third kappa shape index (κ3) is 2.98. The summed E-state index contributed by atoms with van der Waals surface area (Å²) in [7, 11) is 0. The minimum absolute atomic E-state index is 0.0233. The van der Waals surface area contributed by atoms with Crippen LogP contribution in [0.1, 0.15) is 24.0 Å². The molecule has 0 amide bonds. The molecule has 1 aromatic carbocycles. The van der Waals surface area contributed by atoms with Crippen LogP contribution in [-0.4, -0.2) is 6.54 Å². The van der Waals surface area contributed by atoms with Crippen molar-refractivity contribution in [1.29, 1.82) is 0 Å².